The Kier molecular flexibility index (Phi) is 4.35. The lowest BCUT2D eigenvalue weighted by molar-refractivity contribution is -0.136. The van der Waals surface area contributed by atoms with E-state index in [0.29, 0.717) is 17.1 Å². The summed E-state index contributed by atoms with van der Waals surface area (Å²) in [4.78, 5) is 11.7. The van der Waals surface area contributed by atoms with Gasteiger partial charge < -0.3 is 9.47 Å². The third-order valence-electron chi connectivity index (χ3n) is 2.57. The molecule has 0 spiro atoms. The van der Waals surface area contributed by atoms with E-state index in [0.717, 1.165) is 5.56 Å². The summed E-state index contributed by atoms with van der Waals surface area (Å²) >= 11 is 0. The predicted octanol–water partition coefficient (Wildman–Crippen LogP) is 2.85. The van der Waals surface area contributed by atoms with Gasteiger partial charge in [-0.1, -0.05) is 24.3 Å². The summed E-state index contributed by atoms with van der Waals surface area (Å²) in [6.07, 6.45) is 0. The van der Waals surface area contributed by atoms with Crippen LogP contribution >= 0.6 is 0 Å². The predicted molar refractivity (Wildman–Crippen MR) is 73.5 cm³/mol. The number of carbonyl (C=O) groups is 1. The Hall–Kier alpha value is -2.80. The molecule has 0 saturated carbocycles. The smallest absolute Gasteiger partial charge is 0.349 e. The van der Waals surface area contributed by atoms with Crippen molar-refractivity contribution in [3.63, 3.8) is 0 Å². The van der Waals surface area contributed by atoms with E-state index in [1.807, 2.05) is 25.1 Å². The third-order valence-corrected chi connectivity index (χ3v) is 2.57. The summed E-state index contributed by atoms with van der Waals surface area (Å²) in [5.41, 5.74) is 1.39. The molecule has 0 heterocycles. The van der Waals surface area contributed by atoms with Crippen LogP contribution in [0.1, 0.15) is 11.1 Å². The normalized spacial score (nSPS) is 9.60. The molecule has 0 aromatic heterocycles. The molecule has 0 N–H and O–H groups in total. The Balaban J connectivity index is 1.94. The molecule has 0 aliphatic heterocycles. The van der Waals surface area contributed by atoms with Crippen molar-refractivity contribution in [3.05, 3.63) is 59.7 Å². The minimum absolute atomic E-state index is 0.243. The maximum absolute atomic E-state index is 11.7. The van der Waals surface area contributed by atoms with Crippen molar-refractivity contribution in [2.24, 2.45) is 0 Å². The first kappa shape index (κ1) is 13.6. The van der Waals surface area contributed by atoms with Crippen LogP contribution in [0.15, 0.2) is 48.5 Å². The second kappa shape index (κ2) is 6.39. The molecule has 0 aliphatic rings. The van der Waals surface area contributed by atoms with Crippen molar-refractivity contribution in [2.75, 3.05) is 6.61 Å². The summed E-state index contributed by atoms with van der Waals surface area (Å²) in [6.45, 7) is 1.67. The van der Waals surface area contributed by atoms with Crippen molar-refractivity contribution in [1.82, 2.24) is 0 Å². The Labute approximate surface area is 117 Å². The average Bonchev–Trinajstić information content (AvgIpc) is 2.45. The molecular weight excluding hydrogens is 254 g/mol. The van der Waals surface area contributed by atoms with Crippen LogP contribution in [0.25, 0.3) is 0 Å². The quantitative estimate of drug-likeness (QED) is 0.631. The molecule has 0 atom stereocenters. The second-order valence-corrected chi connectivity index (χ2v) is 4.19. The van der Waals surface area contributed by atoms with E-state index in [9.17, 15) is 4.79 Å². The molecule has 0 radical (unpaired) electrons. The van der Waals surface area contributed by atoms with Gasteiger partial charge in [0.1, 0.15) is 17.6 Å². The van der Waals surface area contributed by atoms with Gasteiger partial charge in [-0.15, -0.1) is 0 Å². The van der Waals surface area contributed by atoms with E-state index in [4.69, 9.17) is 14.7 Å². The van der Waals surface area contributed by atoms with E-state index >= 15 is 0 Å². The Morgan fingerprint density at radius 1 is 1.20 bits per heavy atom. The zero-order valence-corrected chi connectivity index (χ0v) is 11.0. The third kappa shape index (κ3) is 3.59. The van der Waals surface area contributed by atoms with Crippen molar-refractivity contribution in [2.45, 2.75) is 6.92 Å². The van der Waals surface area contributed by atoms with Gasteiger partial charge in [0.15, 0.2) is 6.61 Å². The molecule has 2 aromatic carbocycles. The number of aryl methyl sites for hydroxylation is 1. The monoisotopic (exact) mass is 267 g/mol. The lowest BCUT2D eigenvalue weighted by Gasteiger charge is -2.08. The lowest BCUT2D eigenvalue weighted by Crippen LogP contribution is -2.18. The molecule has 100 valence electrons. The van der Waals surface area contributed by atoms with Gasteiger partial charge in [0.2, 0.25) is 0 Å². The number of para-hydroxylation sites is 1. The molecule has 4 nitrogen and oxygen atoms in total. The Morgan fingerprint density at radius 2 is 2.00 bits per heavy atom. The zero-order valence-electron chi connectivity index (χ0n) is 11.0. The van der Waals surface area contributed by atoms with Crippen LogP contribution in [0.5, 0.6) is 11.5 Å². The largest absolute Gasteiger partial charge is 0.481 e. The molecule has 2 rings (SSSR count). The molecule has 0 aliphatic carbocycles. The van der Waals surface area contributed by atoms with Crippen LogP contribution in [0.4, 0.5) is 0 Å². The lowest BCUT2D eigenvalue weighted by atomic mass is 10.2. The van der Waals surface area contributed by atoms with Gasteiger partial charge in [-0.3, -0.25) is 0 Å². The minimum Gasteiger partial charge on any atom is -0.481 e. The number of nitrogens with zero attached hydrogens (tertiary/aromatic N) is 1. The molecule has 0 saturated heterocycles. The van der Waals surface area contributed by atoms with Crippen LogP contribution < -0.4 is 9.47 Å². The topological polar surface area (TPSA) is 59.3 Å². The number of hydrogen-bond donors (Lipinski definition) is 0. The molecule has 0 amide bonds. The molecule has 2 aromatic rings. The number of rotatable bonds is 4. The SMILES string of the molecule is Cc1cccc(OC(=O)COc2ccccc2C#N)c1. The van der Waals surface area contributed by atoms with Gasteiger partial charge in [-0.2, -0.15) is 5.26 Å². The number of hydrogen-bond acceptors (Lipinski definition) is 4. The highest BCUT2D eigenvalue weighted by Crippen LogP contribution is 2.17. The Morgan fingerprint density at radius 3 is 2.75 bits per heavy atom. The standard InChI is InChI=1S/C16H13NO3/c1-12-5-4-7-14(9-12)20-16(18)11-19-15-8-3-2-6-13(15)10-17/h2-9H,11H2,1H3. The molecule has 0 bridgehead atoms. The summed E-state index contributed by atoms with van der Waals surface area (Å²) in [5.74, 6) is 0.340. The van der Waals surface area contributed by atoms with Crippen LogP contribution in [0, 0.1) is 18.3 Å². The highest BCUT2D eigenvalue weighted by atomic mass is 16.6. The van der Waals surface area contributed by atoms with Crippen LogP contribution in [-0.4, -0.2) is 12.6 Å². The first-order valence-corrected chi connectivity index (χ1v) is 6.08. The molecule has 4 heteroatoms. The molecular formula is C16H13NO3. The van der Waals surface area contributed by atoms with E-state index in [2.05, 4.69) is 0 Å². The summed E-state index contributed by atoms with van der Waals surface area (Å²) in [7, 11) is 0. The van der Waals surface area contributed by atoms with Gasteiger partial charge >= 0.3 is 5.97 Å². The number of carbonyl (C=O) groups excluding carboxylic acids is 1. The minimum atomic E-state index is -0.511. The van der Waals surface area contributed by atoms with Crippen molar-refractivity contribution in [1.29, 1.82) is 5.26 Å². The van der Waals surface area contributed by atoms with E-state index in [-0.39, 0.29) is 6.61 Å². The maximum Gasteiger partial charge on any atom is 0.349 e. The van der Waals surface area contributed by atoms with Gasteiger partial charge in [0.05, 0.1) is 5.56 Å². The van der Waals surface area contributed by atoms with Crippen LogP contribution in [0.2, 0.25) is 0 Å². The highest BCUT2D eigenvalue weighted by molar-refractivity contribution is 5.74. The van der Waals surface area contributed by atoms with Gasteiger partial charge in [0, 0.05) is 0 Å². The first-order valence-electron chi connectivity index (χ1n) is 6.08. The number of esters is 1. The molecule has 0 fully saturated rings. The molecule has 20 heavy (non-hydrogen) atoms. The van der Waals surface area contributed by atoms with Crippen molar-refractivity contribution >= 4 is 5.97 Å². The molecule has 0 unspecified atom stereocenters. The van der Waals surface area contributed by atoms with Gasteiger partial charge in [-0.25, -0.2) is 4.79 Å². The second-order valence-electron chi connectivity index (χ2n) is 4.19. The van der Waals surface area contributed by atoms with Crippen LogP contribution in [-0.2, 0) is 4.79 Å². The fourth-order valence-electron chi connectivity index (χ4n) is 1.66. The zero-order chi connectivity index (χ0) is 14.4. The number of ether oxygens (including phenoxy) is 2. The Bertz CT molecular complexity index is 659. The fourth-order valence-corrected chi connectivity index (χ4v) is 1.66. The maximum atomic E-state index is 11.7. The van der Waals surface area contributed by atoms with Crippen LogP contribution in [0.3, 0.4) is 0 Å². The van der Waals surface area contributed by atoms with Gasteiger partial charge in [0.25, 0.3) is 0 Å². The van der Waals surface area contributed by atoms with Crippen molar-refractivity contribution in [3.8, 4) is 17.6 Å². The first-order chi connectivity index (χ1) is 9.69. The number of nitriles is 1. The average molecular weight is 267 g/mol. The number of benzene rings is 2. The summed E-state index contributed by atoms with van der Waals surface area (Å²) in [5, 5.41) is 8.90. The highest BCUT2D eigenvalue weighted by Gasteiger charge is 2.08. The summed E-state index contributed by atoms with van der Waals surface area (Å²) in [6, 6.07) is 15.9. The summed E-state index contributed by atoms with van der Waals surface area (Å²) < 4.78 is 10.4. The fraction of sp³-hybridized carbons (Fsp3) is 0.125. The van der Waals surface area contributed by atoms with E-state index < -0.39 is 5.97 Å². The van der Waals surface area contributed by atoms with E-state index in [1.165, 1.54) is 0 Å². The van der Waals surface area contributed by atoms with Crippen molar-refractivity contribution < 1.29 is 14.3 Å². The van der Waals surface area contributed by atoms with E-state index in [1.54, 1.807) is 36.4 Å². The van der Waals surface area contributed by atoms with Gasteiger partial charge in [-0.05, 0) is 36.8 Å².